The summed E-state index contributed by atoms with van der Waals surface area (Å²) < 4.78 is 12.9. The number of hydrogen-bond donors (Lipinski definition) is 1. The lowest BCUT2D eigenvalue weighted by Gasteiger charge is -2.17. The van der Waals surface area contributed by atoms with Crippen LogP contribution in [-0.2, 0) is 6.54 Å². The van der Waals surface area contributed by atoms with E-state index in [4.69, 9.17) is 0 Å². The minimum absolute atomic E-state index is 0.160. The molecule has 0 aromatic heterocycles. The maximum Gasteiger partial charge on any atom is 0.123 e. The lowest BCUT2D eigenvalue weighted by atomic mass is 10.1. The van der Waals surface area contributed by atoms with Gasteiger partial charge < -0.3 is 10.2 Å². The molecule has 0 heterocycles. The molecule has 96 valence electrons. The van der Waals surface area contributed by atoms with Crippen molar-refractivity contribution in [3.05, 3.63) is 35.1 Å². The second-order valence-electron chi connectivity index (χ2n) is 4.94. The predicted molar refractivity (Wildman–Crippen MR) is 70.6 cm³/mol. The quantitative estimate of drug-likeness (QED) is 0.819. The molecule has 3 heteroatoms. The van der Waals surface area contributed by atoms with E-state index < -0.39 is 0 Å². The van der Waals surface area contributed by atoms with Crippen LogP contribution in [0.2, 0.25) is 0 Å². The molecule has 2 nitrogen and oxygen atoms in total. The van der Waals surface area contributed by atoms with Crippen molar-refractivity contribution in [3.8, 4) is 0 Å². The van der Waals surface area contributed by atoms with Crippen molar-refractivity contribution in [1.82, 2.24) is 10.2 Å². The van der Waals surface area contributed by atoms with E-state index in [1.54, 1.807) is 6.07 Å². The molecule has 1 aromatic carbocycles. The third-order valence-electron chi connectivity index (χ3n) is 2.95. The Balaban J connectivity index is 2.39. The van der Waals surface area contributed by atoms with Gasteiger partial charge in [0.05, 0.1) is 0 Å². The molecule has 0 saturated carbocycles. The molecule has 1 unspecified atom stereocenters. The minimum atomic E-state index is -0.160. The Morgan fingerprint density at radius 1 is 1.35 bits per heavy atom. The van der Waals surface area contributed by atoms with Crippen LogP contribution in [0.1, 0.15) is 24.5 Å². The molecule has 1 atom stereocenters. The zero-order chi connectivity index (χ0) is 12.8. The van der Waals surface area contributed by atoms with Gasteiger partial charge in [-0.05, 0) is 64.2 Å². The number of benzene rings is 1. The van der Waals surface area contributed by atoms with Crippen molar-refractivity contribution in [1.29, 1.82) is 0 Å². The van der Waals surface area contributed by atoms with Crippen molar-refractivity contribution in [3.63, 3.8) is 0 Å². The van der Waals surface area contributed by atoms with Crippen LogP contribution in [0.15, 0.2) is 18.2 Å². The summed E-state index contributed by atoms with van der Waals surface area (Å²) >= 11 is 0. The van der Waals surface area contributed by atoms with Gasteiger partial charge in [0.1, 0.15) is 5.82 Å². The normalized spacial score (nSPS) is 13.1. The van der Waals surface area contributed by atoms with Gasteiger partial charge in [-0.25, -0.2) is 4.39 Å². The summed E-state index contributed by atoms with van der Waals surface area (Å²) in [4.78, 5) is 2.18. The van der Waals surface area contributed by atoms with Gasteiger partial charge in [-0.3, -0.25) is 0 Å². The van der Waals surface area contributed by atoms with E-state index in [1.165, 1.54) is 11.6 Å². The Labute approximate surface area is 104 Å². The zero-order valence-electron chi connectivity index (χ0n) is 11.3. The number of nitrogens with one attached hydrogen (secondary N) is 1. The Morgan fingerprint density at radius 3 is 2.65 bits per heavy atom. The topological polar surface area (TPSA) is 15.3 Å². The van der Waals surface area contributed by atoms with Crippen LogP contribution in [0.25, 0.3) is 0 Å². The summed E-state index contributed by atoms with van der Waals surface area (Å²) in [5.74, 6) is -0.160. The highest BCUT2D eigenvalue weighted by Crippen LogP contribution is 2.10. The van der Waals surface area contributed by atoms with Crippen LogP contribution in [0.4, 0.5) is 4.39 Å². The molecule has 0 saturated heterocycles. The van der Waals surface area contributed by atoms with Crippen molar-refractivity contribution < 1.29 is 4.39 Å². The second-order valence-corrected chi connectivity index (χ2v) is 4.94. The number of halogens is 1. The van der Waals surface area contributed by atoms with Crippen molar-refractivity contribution in [2.24, 2.45) is 0 Å². The number of hydrogen-bond acceptors (Lipinski definition) is 2. The Morgan fingerprint density at radius 2 is 2.06 bits per heavy atom. The first kappa shape index (κ1) is 14.1. The van der Waals surface area contributed by atoms with Gasteiger partial charge in [-0.1, -0.05) is 6.07 Å². The summed E-state index contributed by atoms with van der Waals surface area (Å²) in [6.07, 6.45) is 1.12. The maximum absolute atomic E-state index is 12.9. The van der Waals surface area contributed by atoms with Crippen LogP contribution in [0.5, 0.6) is 0 Å². The zero-order valence-corrected chi connectivity index (χ0v) is 11.3. The van der Waals surface area contributed by atoms with E-state index in [0.29, 0.717) is 6.04 Å². The lowest BCUT2D eigenvalue weighted by molar-refractivity contribution is 0.365. The standard InChI is InChI=1S/C14H23FN2/c1-11-9-14(15)6-5-13(11)10-16-12(2)7-8-17(3)4/h5-6,9,12,16H,7-8,10H2,1-4H3. The van der Waals surface area contributed by atoms with Gasteiger partial charge >= 0.3 is 0 Å². The third-order valence-corrected chi connectivity index (χ3v) is 2.95. The van der Waals surface area contributed by atoms with Crippen LogP contribution in [-0.4, -0.2) is 31.6 Å². The maximum atomic E-state index is 12.9. The summed E-state index contributed by atoms with van der Waals surface area (Å²) in [7, 11) is 4.16. The molecule has 0 radical (unpaired) electrons. The van der Waals surface area contributed by atoms with Crippen LogP contribution < -0.4 is 5.32 Å². The summed E-state index contributed by atoms with van der Waals surface area (Å²) in [5.41, 5.74) is 2.18. The lowest BCUT2D eigenvalue weighted by Crippen LogP contribution is -2.29. The number of nitrogens with zero attached hydrogens (tertiary/aromatic N) is 1. The van der Waals surface area contributed by atoms with Gasteiger partial charge in [-0.2, -0.15) is 0 Å². The first-order chi connectivity index (χ1) is 7.99. The van der Waals surface area contributed by atoms with Crippen molar-refractivity contribution in [2.75, 3.05) is 20.6 Å². The van der Waals surface area contributed by atoms with E-state index in [-0.39, 0.29) is 5.82 Å². The van der Waals surface area contributed by atoms with E-state index in [1.807, 2.05) is 13.0 Å². The number of rotatable bonds is 6. The molecular weight excluding hydrogens is 215 g/mol. The largest absolute Gasteiger partial charge is 0.310 e. The smallest absolute Gasteiger partial charge is 0.123 e. The summed E-state index contributed by atoms with van der Waals surface area (Å²) in [6, 6.07) is 5.44. The molecule has 0 aliphatic carbocycles. The minimum Gasteiger partial charge on any atom is -0.310 e. The second kappa shape index (κ2) is 6.72. The summed E-state index contributed by atoms with van der Waals surface area (Å²) in [6.45, 7) is 6.02. The molecule has 1 N–H and O–H groups in total. The van der Waals surface area contributed by atoms with Crippen LogP contribution in [0, 0.1) is 12.7 Å². The fourth-order valence-corrected chi connectivity index (χ4v) is 1.70. The van der Waals surface area contributed by atoms with Gasteiger partial charge in [0.25, 0.3) is 0 Å². The van der Waals surface area contributed by atoms with E-state index in [0.717, 1.165) is 25.1 Å². The molecule has 0 bridgehead atoms. The Kier molecular flexibility index (Phi) is 5.59. The molecule has 0 spiro atoms. The molecule has 0 aliphatic rings. The van der Waals surface area contributed by atoms with E-state index >= 15 is 0 Å². The van der Waals surface area contributed by atoms with Gasteiger partial charge in [0.2, 0.25) is 0 Å². The highest BCUT2D eigenvalue weighted by molar-refractivity contribution is 5.26. The van der Waals surface area contributed by atoms with E-state index in [9.17, 15) is 4.39 Å². The first-order valence-electron chi connectivity index (χ1n) is 6.12. The molecule has 0 aliphatic heterocycles. The monoisotopic (exact) mass is 238 g/mol. The van der Waals surface area contributed by atoms with Gasteiger partial charge in [0, 0.05) is 12.6 Å². The van der Waals surface area contributed by atoms with Crippen LogP contribution in [0.3, 0.4) is 0 Å². The van der Waals surface area contributed by atoms with Gasteiger partial charge in [0.15, 0.2) is 0 Å². The average Bonchev–Trinajstić information content (AvgIpc) is 2.25. The Bertz CT molecular complexity index is 350. The van der Waals surface area contributed by atoms with Crippen molar-refractivity contribution >= 4 is 0 Å². The molecule has 1 rings (SSSR count). The highest BCUT2D eigenvalue weighted by atomic mass is 19.1. The van der Waals surface area contributed by atoms with Crippen LogP contribution >= 0.6 is 0 Å². The fourth-order valence-electron chi connectivity index (χ4n) is 1.70. The van der Waals surface area contributed by atoms with Gasteiger partial charge in [-0.15, -0.1) is 0 Å². The van der Waals surface area contributed by atoms with Crippen molar-refractivity contribution in [2.45, 2.75) is 32.9 Å². The molecule has 1 aromatic rings. The SMILES string of the molecule is Cc1cc(F)ccc1CNC(C)CCN(C)C. The molecule has 17 heavy (non-hydrogen) atoms. The number of aryl methyl sites for hydroxylation is 1. The Hall–Kier alpha value is -0.930. The fraction of sp³-hybridized carbons (Fsp3) is 0.571. The molecule has 0 amide bonds. The molecule has 0 fully saturated rings. The summed E-state index contributed by atoms with van der Waals surface area (Å²) in [5, 5.41) is 3.47. The first-order valence-corrected chi connectivity index (χ1v) is 6.12. The van der Waals surface area contributed by atoms with E-state index in [2.05, 4.69) is 31.2 Å². The average molecular weight is 238 g/mol. The third kappa shape index (κ3) is 5.29. The predicted octanol–water partition coefficient (Wildman–Crippen LogP) is 2.56. The molecular formula is C14H23FN2. The highest BCUT2D eigenvalue weighted by Gasteiger charge is 2.04.